The molecule has 0 aliphatic carbocycles. The molecule has 2 aromatic rings. The molecule has 0 radical (unpaired) electrons. The van der Waals surface area contributed by atoms with Crippen molar-refractivity contribution in [3.05, 3.63) is 46.4 Å². The Morgan fingerprint density at radius 1 is 1.15 bits per heavy atom. The minimum atomic E-state index is 0.713. The predicted molar refractivity (Wildman–Crippen MR) is 56.4 cm³/mol. The number of rotatable bonds is 0. The van der Waals surface area contributed by atoms with E-state index in [9.17, 15) is 0 Å². The fourth-order valence-electron chi connectivity index (χ4n) is 1.37. The van der Waals surface area contributed by atoms with Crippen LogP contribution in [0.15, 0.2) is 40.9 Å². The average molecular weight is 232 g/mol. The molecule has 2 aromatic carbocycles. The van der Waals surface area contributed by atoms with Gasteiger partial charge in [-0.15, -0.1) is 0 Å². The molecular formula is C11H6BrN. The zero-order chi connectivity index (χ0) is 9.26. The first kappa shape index (κ1) is 8.28. The van der Waals surface area contributed by atoms with Crippen LogP contribution in [0, 0.1) is 11.3 Å². The van der Waals surface area contributed by atoms with Gasteiger partial charge in [0, 0.05) is 4.47 Å². The number of nitrogens with zero attached hydrogens (tertiary/aromatic N) is 1. The molecule has 13 heavy (non-hydrogen) atoms. The van der Waals surface area contributed by atoms with Gasteiger partial charge in [0.15, 0.2) is 0 Å². The summed E-state index contributed by atoms with van der Waals surface area (Å²) in [6.45, 7) is 0. The molecule has 0 N–H and O–H groups in total. The quantitative estimate of drug-likeness (QED) is 0.682. The largest absolute Gasteiger partial charge is 0.192 e. The number of hydrogen-bond acceptors (Lipinski definition) is 1. The highest BCUT2D eigenvalue weighted by Crippen LogP contribution is 2.23. The maximum Gasteiger partial charge on any atom is 0.0998 e. The van der Waals surface area contributed by atoms with E-state index in [0.717, 1.165) is 15.2 Å². The van der Waals surface area contributed by atoms with E-state index in [1.54, 1.807) is 0 Å². The molecule has 0 aliphatic rings. The topological polar surface area (TPSA) is 23.8 Å². The summed E-state index contributed by atoms with van der Waals surface area (Å²) in [5.41, 5.74) is 0.713. The summed E-state index contributed by atoms with van der Waals surface area (Å²) < 4.78 is 0.947. The average Bonchev–Trinajstić information content (AvgIpc) is 2.16. The monoisotopic (exact) mass is 231 g/mol. The van der Waals surface area contributed by atoms with Crippen molar-refractivity contribution in [2.75, 3.05) is 0 Å². The number of halogens is 1. The second-order valence-corrected chi connectivity index (χ2v) is 3.70. The van der Waals surface area contributed by atoms with Gasteiger partial charge in [0.25, 0.3) is 0 Å². The lowest BCUT2D eigenvalue weighted by atomic mass is 10.1. The highest BCUT2D eigenvalue weighted by molar-refractivity contribution is 9.10. The van der Waals surface area contributed by atoms with Crippen molar-refractivity contribution in [1.82, 2.24) is 0 Å². The van der Waals surface area contributed by atoms with Crippen molar-refractivity contribution < 1.29 is 0 Å². The second kappa shape index (κ2) is 3.20. The minimum absolute atomic E-state index is 0.713. The third kappa shape index (κ3) is 1.43. The van der Waals surface area contributed by atoms with E-state index in [0.29, 0.717) is 5.56 Å². The maximum atomic E-state index is 8.89. The van der Waals surface area contributed by atoms with Gasteiger partial charge in [0.05, 0.1) is 11.6 Å². The second-order valence-electron chi connectivity index (χ2n) is 2.79. The maximum absolute atomic E-state index is 8.89. The first-order valence-electron chi connectivity index (χ1n) is 3.89. The Bertz CT molecular complexity index is 497. The van der Waals surface area contributed by atoms with E-state index in [1.165, 1.54) is 0 Å². The van der Waals surface area contributed by atoms with Crippen molar-refractivity contribution in [3.8, 4) is 6.07 Å². The SMILES string of the molecule is N#Cc1cc(Br)cc2ccccc12. The first-order valence-corrected chi connectivity index (χ1v) is 4.69. The zero-order valence-electron chi connectivity index (χ0n) is 6.79. The highest BCUT2D eigenvalue weighted by Gasteiger charge is 2.00. The highest BCUT2D eigenvalue weighted by atomic mass is 79.9. The van der Waals surface area contributed by atoms with Crippen molar-refractivity contribution in [3.63, 3.8) is 0 Å². The van der Waals surface area contributed by atoms with Crippen molar-refractivity contribution >= 4 is 26.7 Å². The van der Waals surface area contributed by atoms with Gasteiger partial charge in [0.1, 0.15) is 0 Å². The predicted octanol–water partition coefficient (Wildman–Crippen LogP) is 3.47. The molecule has 2 rings (SSSR count). The summed E-state index contributed by atoms with van der Waals surface area (Å²) >= 11 is 3.37. The fraction of sp³-hybridized carbons (Fsp3) is 0. The summed E-state index contributed by atoms with van der Waals surface area (Å²) in [4.78, 5) is 0. The van der Waals surface area contributed by atoms with Gasteiger partial charge in [-0.1, -0.05) is 40.2 Å². The Kier molecular flexibility index (Phi) is 2.03. The fourth-order valence-corrected chi connectivity index (χ4v) is 1.84. The normalized spacial score (nSPS) is 9.85. The third-order valence-corrected chi connectivity index (χ3v) is 2.40. The van der Waals surface area contributed by atoms with Gasteiger partial charge >= 0.3 is 0 Å². The van der Waals surface area contributed by atoms with E-state index in [-0.39, 0.29) is 0 Å². The van der Waals surface area contributed by atoms with Crippen LogP contribution in [0.4, 0.5) is 0 Å². The van der Waals surface area contributed by atoms with E-state index in [1.807, 2.05) is 36.4 Å². The van der Waals surface area contributed by atoms with Crippen molar-refractivity contribution in [2.24, 2.45) is 0 Å². The molecule has 62 valence electrons. The lowest BCUT2D eigenvalue weighted by Gasteiger charge is -1.99. The molecule has 0 unspecified atom stereocenters. The Labute approximate surface area is 84.7 Å². The van der Waals surface area contributed by atoms with Crippen LogP contribution in [0.3, 0.4) is 0 Å². The van der Waals surface area contributed by atoms with Gasteiger partial charge in [-0.3, -0.25) is 0 Å². The third-order valence-electron chi connectivity index (χ3n) is 1.95. The summed E-state index contributed by atoms with van der Waals surface area (Å²) in [5, 5.41) is 11.0. The van der Waals surface area contributed by atoms with Gasteiger partial charge in [-0.05, 0) is 22.9 Å². The molecule has 0 atom stereocenters. The van der Waals surface area contributed by atoms with Gasteiger partial charge in [0.2, 0.25) is 0 Å². The molecule has 0 aliphatic heterocycles. The molecule has 0 bridgehead atoms. The van der Waals surface area contributed by atoms with Gasteiger partial charge in [-0.25, -0.2) is 0 Å². The van der Waals surface area contributed by atoms with Crippen LogP contribution in [-0.4, -0.2) is 0 Å². The molecule has 0 spiro atoms. The Morgan fingerprint density at radius 2 is 1.92 bits per heavy atom. The Hall–Kier alpha value is -1.33. The Morgan fingerprint density at radius 3 is 2.69 bits per heavy atom. The zero-order valence-corrected chi connectivity index (χ0v) is 8.38. The number of nitriles is 1. The van der Waals surface area contributed by atoms with Gasteiger partial charge in [-0.2, -0.15) is 5.26 Å². The van der Waals surface area contributed by atoms with E-state index >= 15 is 0 Å². The van der Waals surface area contributed by atoms with E-state index in [2.05, 4.69) is 22.0 Å². The van der Waals surface area contributed by atoms with Crippen LogP contribution in [0.5, 0.6) is 0 Å². The summed E-state index contributed by atoms with van der Waals surface area (Å²) in [5.74, 6) is 0. The summed E-state index contributed by atoms with van der Waals surface area (Å²) in [6, 6.07) is 13.9. The van der Waals surface area contributed by atoms with Crippen LogP contribution >= 0.6 is 15.9 Å². The molecule has 0 amide bonds. The lowest BCUT2D eigenvalue weighted by molar-refractivity contribution is 1.50. The summed E-state index contributed by atoms with van der Waals surface area (Å²) in [7, 11) is 0. The minimum Gasteiger partial charge on any atom is -0.192 e. The first-order chi connectivity index (χ1) is 6.31. The molecule has 0 saturated carbocycles. The van der Waals surface area contributed by atoms with Crippen LogP contribution in [0.1, 0.15) is 5.56 Å². The number of fused-ring (bicyclic) bond motifs is 1. The summed E-state index contributed by atoms with van der Waals surface area (Å²) in [6.07, 6.45) is 0. The number of benzene rings is 2. The standard InChI is InChI=1S/C11H6BrN/c12-10-5-8-3-1-2-4-11(8)9(6-10)7-13/h1-6H. The van der Waals surface area contributed by atoms with E-state index in [4.69, 9.17) is 5.26 Å². The van der Waals surface area contributed by atoms with Gasteiger partial charge < -0.3 is 0 Å². The van der Waals surface area contributed by atoms with Crippen molar-refractivity contribution in [1.29, 1.82) is 5.26 Å². The smallest absolute Gasteiger partial charge is 0.0998 e. The molecule has 0 saturated heterocycles. The number of hydrogen-bond donors (Lipinski definition) is 0. The lowest BCUT2D eigenvalue weighted by Crippen LogP contribution is -1.79. The molecule has 0 heterocycles. The molecule has 1 nitrogen and oxygen atoms in total. The van der Waals surface area contributed by atoms with Crippen LogP contribution in [0.25, 0.3) is 10.8 Å². The molecular weight excluding hydrogens is 226 g/mol. The molecule has 0 aromatic heterocycles. The molecule has 2 heteroatoms. The Balaban J connectivity index is 2.91. The molecule has 0 fully saturated rings. The van der Waals surface area contributed by atoms with Crippen LogP contribution < -0.4 is 0 Å². The van der Waals surface area contributed by atoms with Crippen LogP contribution in [0.2, 0.25) is 0 Å². The van der Waals surface area contributed by atoms with E-state index < -0.39 is 0 Å². The van der Waals surface area contributed by atoms with Crippen molar-refractivity contribution in [2.45, 2.75) is 0 Å². The van der Waals surface area contributed by atoms with Crippen LogP contribution in [-0.2, 0) is 0 Å².